The summed E-state index contributed by atoms with van der Waals surface area (Å²) < 4.78 is 0. The molecule has 0 heterocycles. The van der Waals surface area contributed by atoms with E-state index in [1.807, 2.05) is 6.08 Å². The van der Waals surface area contributed by atoms with Crippen LogP contribution in [0.1, 0.15) is 103 Å². The van der Waals surface area contributed by atoms with Crippen LogP contribution in [0.4, 0.5) is 0 Å². The minimum absolute atomic E-state index is 0.464. The lowest BCUT2D eigenvalue weighted by Crippen LogP contribution is -1.97. The van der Waals surface area contributed by atoms with Gasteiger partial charge in [-0.3, -0.25) is 4.79 Å². The van der Waals surface area contributed by atoms with Gasteiger partial charge in [-0.2, -0.15) is 0 Å². The minimum atomic E-state index is 0.464. The van der Waals surface area contributed by atoms with Gasteiger partial charge in [-0.15, -0.1) is 6.58 Å². The molecule has 0 saturated carbocycles. The SMILES string of the molecule is C=CCCCC=CCCCC(=O)CCCCCCCCCC. The van der Waals surface area contributed by atoms with Crippen LogP contribution in [0.15, 0.2) is 24.8 Å². The number of hydrogen-bond acceptors (Lipinski definition) is 1. The van der Waals surface area contributed by atoms with Gasteiger partial charge in [0, 0.05) is 12.8 Å². The number of hydrogen-bond donors (Lipinski definition) is 0. The lowest BCUT2D eigenvalue weighted by atomic mass is 10.0. The first-order valence-corrected chi connectivity index (χ1v) is 9.58. The second kappa shape index (κ2) is 18.2. The van der Waals surface area contributed by atoms with Crippen molar-refractivity contribution in [2.24, 2.45) is 0 Å². The van der Waals surface area contributed by atoms with Crippen LogP contribution in [0.5, 0.6) is 0 Å². The molecular weight excluding hydrogens is 268 g/mol. The van der Waals surface area contributed by atoms with Gasteiger partial charge in [0.2, 0.25) is 0 Å². The Kier molecular flexibility index (Phi) is 17.5. The third kappa shape index (κ3) is 17.2. The highest BCUT2D eigenvalue weighted by Gasteiger charge is 2.01. The Morgan fingerprint density at radius 1 is 0.727 bits per heavy atom. The van der Waals surface area contributed by atoms with Crippen molar-refractivity contribution in [1.82, 2.24) is 0 Å². The molecule has 128 valence electrons. The molecule has 0 spiro atoms. The molecule has 0 aliphatic rings. The normalized spacial score (nSPS) is 11.1. The van der Waals surface area contributed by atoms with E-state index in [0.29, 0.717) is 5.78 Å². The standard InChI is InChI=1S/C21H38O/c1-3-5-7-9-11-13-15-17-19-21(22)20-18-16-14-12-10-8-6-4-2/h3,11,13H,1,4-10,12,14-20H2,2H3. The number of unbranched alkanes of at least 4 members (excludes halogenated alkanes) is 10. The van der Waals surface area contributed by atoms with E-state index in [-0.39, 0.29) is 0 Å². The molecule has 0 rings (SSSR count). The van der Waals surface area contributed by atoms with Gasteiger partial charge in [0.05, 0.1) is 0 Å². The summed E-state index contributed by atoms with van der Waals surface area (Å²) in [6.45, 7) is 5.97. The van der Waals surface area contributed by atoms with Gasteiger partial charge in [0.25, 0.3) is 0 Å². The Hall–Kier alpha value is -0.850. The van der Waals surface area contributed by atoms with Crippen molar-refractivity contribution in [3.8, 4) is 0 Å². The number of ketones is 1. The van der Waals surface area contributed by atoms with Crippen LogP contribution in [0.3, 0.4) is 0 Å². The van der Waals surface area contributed by atoms with Crippen LogP contribution < -0.4 is 0 Å². The van der Waals surface area contributed by atoms with Gasteiger partial charge >= 0.3 is 0 Å². The lowest BCUT2D eigenvalue weighted by Gasteiger charge is -2.02. The van der Waals surface area contributed by atoms with Crippen LogP contribution in [-0.2, 0) is 4.79 Å². The van der Waals surface area contributed by atoms with E-state index in [1.54, 1.807) is 0 Å². The van der Waals surface area contributed by atoms with Crippen LogP contribution in [-0.4, -0.2) is 5.78 Å². The third-order valence-corrected chi connectivity index (χ3v) is 4.08. The van der Waals surface area contributed by atoms with Gasteiger partial charge in [0.15, 0.2) is 0 Å². The zero-order valence-corrected chi connectivity index (χ0v) is 15.0. The summed E-state index contributed by atoms with van der Waals surface area (Å²) in [7, 11) is 0. The Bertz CT molecular complexity index is 278. The first-order chi connectivity index (χ1) is 10.8. The average molecular weight is 307 g/mol. The average Bonchev–Trinajstić information content (AvgIpc) is 2.52. The van der Waals surface area contributed by atoms with Gasteiger partial charge in [0.1, 0.15) is 5.78 Å². The van der Waals surface area contributed by atoms with Crippen LogP contribution in [0, 0.1) is 0 Å². The van der Waals surface area contributed by atoms with Crippen molar-refractivity contribution >= 4 is 5.78 Å². The Morgan fingerprint density at radius 3 is 1.91 bits per heavy atom. The summed E-state index contributed by atoms with van der Waals surface area (Å²) in [5, 5.41) is 0. The molecule has 0 bridgehead atoms. The Balaban J connectivity index is 3.24. The number of allylic oxidation sites excluding steroid dienone is 3. The van der Waals surface area contributed by atoms with E-state index in [0.717, 1.165) is 44.9 Å². The van der Waals surface area contributed by atoms with Gasteiger partial charge in [-0.1, -0.05) is 70.1 Å². The minimum Gasteiger partial charge on any atom is -0.300 e. The topological polar surface area (TPSA) is 17.1 Å². The predicted molar refractivity (Wildman–Crippen MR) is 99.3 cm³/mol. The summed E-state index contributed by atoms with van der Waals surface area (Å²) in [4.78, 5) is 11.8. The Labute approximate surface area is 139 Å². The molecular formula is C21H38O. The molecule has 0 amide bonds. The fraction of sp³-hybridized carbons (Fsp3) is 0.762. The number of rotatable bonds is 17. The van der Waals surface area contributed by atoms with Crippen molar-refractivity contribution in [3.63, 3.8) is 0 Å². The zero-order chi connectivity index (χ0) is 16.3. The predicted octanol–water partition coefficient (Wildman–Crippen LogP) is 7.17. The molecule has 0 radical (unpaired) electrons. The highest BCUT2D eigenvalue weighted by atomic mass is 16.1. The van der Waals surface area contributed by atoms with E-state index >= 15 is 0 Å². The smallest absolute Gasteiger partial charge is 0.132 e. The van der Waals surface area contributed by atoms with Crippen molar-refractivity contribution in [3.05, 3.63) is 24.8 Å². The van der Waals surface area contributed by atoms with E-state index in [4.69, 9.17) is 0 Å². The van der Waals surface area contributed by atoms with Crippen molar-refractivity contribution in [2.45, 2.75) is 103 Å². The Morgan fingerprint density at radius 2 is 1.27 bits per heavy atom. The molecule has 0 fully saturated rings. The first kappa shape index (κ1) is 21.1. The maximum absolute atomic E-state index is 11.8. The van der Waals surface area contributed by atoms with Gasteiger partial charge in [-0.25, -0.2) is 0 Å². The van der Waals surface area contributed by atoms with E-state index in [2.05, 4.69) is 25.7 Å². The first-order valence-electron chi connectivity index (χ1n) is 9.58. The van der Waals surface area contributed by atoms with Gasteiger partial charge in [-0.05, 0) is 38.5 Å². The molecule has 0 atom stereocenters. The second-order valence-corrected chi connectivity index (χ2v) is 6.35. The van der Waals surface area contributed by atoms with Crippen molar-refractivity contribution in [1.29, 1.82) is 0 Å². The zero-order valence-electron chi connectivity index (χ0n) is 15.0. The van der Waals surface area contributed by atoms with Crippen molar-refractivity contribution in [2.75, 3.05) is 0 Å². The largest absolute Gasteiger partial charge is 0.300 e. The maximum atomic E-state index is 11.8. The summed E-state index contributed by atoms with van der Waals surface area (Å²) in [6, 6.07) is 0. The van der Waals surface area contributed by atoms with E-state index < -0.39 is 0 Å². The molecule has 1 nitrogen and oxygen atoms in total. The molecule has 0 aliphatic carbocycles. The summed E-state index contributed by atoms with van der Waals surface area (Å²) in [5.74, 6) is 0.464. The highest BCUT2D eigenvalue weighted by Crippen LogP contribution is 2.11. The van der Waals surface area contributed by atoms with Crippen LogP contribution >= 0.6 is 0 Å². The second-order valence-electron chi connectivity index (χ2n) is 6.35. The number of Topliss-reactive ketones (excluding diaryl/α,β-unsaturated/α-hetero) is 1. The molecule has 0 aromatic heterocycles. The quantitative estimate of drug-likeness (QED) is 0.206. The fourth-order valence-electron chi connectivity index (χ4n) is 2.61. The van der Waals surface area contributed by atoms with Gasteiger partial charge < -0.3 is 0 Å². The van der Waals surface area contributed by atoms with Crippen LogP contribution in [0.2, 0.25) is 0 Å². The van der Waals surface area contributed by atoms with Crippen molar-refractivity contribution < 1.29 is 4.79 Å². The molecule has 0 N–H and O–H groups in total. The molecule has 22 heavy (non-hydrogen) atoms. The third-order valence-electron chi connectivity index (χ3n) is 4.08. The number of carbonyl (C=O) groups is 1. The van der Waals surface area contributed by atoms with E-state index in [1.165, 1.54) is 51.4 Å². The number of carbonyl (C=O) groups excluding carboxylic acids is 1. The fourth-order valence-corrected chi connectivity index (χ4v) is 2.61. The lowest BCUT2D eigenvalue weighted by molar-refractivity contribution is -0.119. The monoisotopic (exact) mass is 306 g/mol. The maximum Gasteiger partial charge on any atom is 0.132 e. The molecule has 0 unspecified atom stereocenters. The summed E-state index contributed by atoms with van der Waals surface area (Å²) in [6.07, 6.45) is 24.0. The summed E-state index contributed by atoms with van der Waals surface area (Å²) in [5.41, 5.74) is 0. The van der Waals surface area contributed by atoms with E-state index in [9.17, 15) is 4.79 Å². The molecule has 1 heteroatoms. The molecule has 0 aliphatic heterocycles. The highest BCUT2D eigenvalue weighted by molar-refractivity contribution is 5.78. The van der Waals surface area contributed by atoms with Crippen LogP contribution in [0.25, 0.3) is 0 Å². The molecule has 0 saturated heterocycles. The summed E-state index contributed by atoms with van der Waals surface area (Å²) >= 11 is 0. The molecule has 0 aromatic rings. The molecule has 0 aromatic carbocycles.